The number of hydrogen-bond donors (Lipinski definition) is 2. The Labute approximate surface area is 121 Å². The lowest BCUT2D eigenvalue weighted by molar-refractivity contribution is -0.121. The molecule has 1 aliphatic carbocycles. The monoisotopic (exact) mass is 327 g/mol. The number of nitrogens with one attached hydrogen (secondary N) is 1. The molecule has 1 amide bonds. The molecule has 1 aliphatic rings. The minimum Gasteiger partial charge on any atom is -0.492 e. The maximum absolute atomic E-state index is 11.5. The largest absolute Gasteiger partial charge is 0.492 e. The predicted molar refractivity (Wildman–Crippen MR) is 76.1 cm³/mol. The van der Waals surface area contributed by atoms with Crippen LogP contribution in [0.1, 0.15) is 30.4 Å². The fraction of sp³-hybridized carbons (Fsp3) is 0.500. The van der Waals surface area contributed by atoms with E-state index in [2.05, 4.69) is 21.2 Å². The number of aliphatic hydroxyl groups excluding tert-OH is 1. The zero-order valence-corrected chi connectivity index (χ0v) is 12.5. The van der Waals surface area contributed by atoms with Crippen LogP contribution in [-0.4, -0.2) is 23.7 Å². The van der Waals surface area contributed by atoms with Gasteiger partial charge in [0.2, 0.25) is 5.91 Å². The number of rotatable bonds is 6. The maximum atomic E-state index is 11.5. The number of benzene rings is 1. The van der Waals surface area contributed by atoms with E-state index in [0.29, 0.717) is 24.8 Å². The lowest BCUT2D eigenvalue weighted by Gasteiger charge is -2.13. The summed E-state index contributed by atoms with van der Waals surface area (Å²) in [6, 6.07) is 4.14. The molecule has 1 aromatic carbocycles. The third-order valence-electron chi connectivity index (χ3n) is 3.00. The van der Waals surface area contributed by atoms with Crippen LogP contribution in [0.3, 0.4) is 0 Å². The topological polar surface area (TPSA) is 58.6 Å². The van der Waals surface area contributed by atoms with Gasteiger partial charge in [0.1, 0.15) is 5.75 Å². The van der Waals surface area contributed by atoms with Gasteiger partial charge in [-0.05, 0) is 37.5 Å². The molecule has 0 aromatic heterocycles. The molecule has 0 spiro atoms. The van der Waals surface area contributed by atoms with E-state index in [-0.39, 0.29) is 12.5 Å². The molecular formula is C14H18BrNO3. The van der Waals surface area contributed by atoms with Gasteiger partial charge < -0.3 is 15.2 Å². The first-order valence-electron chi connectivity index (χ1n) is 6.42. The quantitative estimate of drug-likeness (QED) is 0.842. The summed E-state index contributed by atoms with van der Waals surface area (Å²) in [6.07, 6.45) is 2.52. The van der Waals surface area contributed by atoms with E-state index in [0.717, 1.165) is 28.4 Å². The Bertz CT molecular complexity index is 472. The van der Waals surface area contributed by atoms with Crippen LogP contribution >= 0.6 is 15.9 Å². The van der Waals surface area contributed by atoms with Gasteiger partial charge in [0, 0.05) is 16.1 Å². The fourth-order valence-corrected chi connectivity index (χ4v) is 2.52. The standard InChI is InChI=1S/C14H18BrNO3/c1-9-6-11(15)7-10(8-17)14(9)19-5-4-13(18)16-12-2-3-12/h6-7,12,17H,2-5,8H2,1H3,(H,16,18). The highest BCUT2D eigenvalue weighted by atomic mass is 79.9. The smallest absolute Gasteiger partial charge is 0.223 e. The summed E-state index contributed by atoms with van der Waals surface area (Å²) in [4.78, 5) is 11.5. The van der Waals surface area contributed by atoms with Crippen LogP contribution in [0.15, 0.2) is 16.6 Å². The van der Waals surface area contributed by atoms with E-state index < -0.39 is 0 Å². The van der Waals surface area contributed by atoms with Gasteiger partial charge in [0.25, 0.3) is 0 Å². The van der Waals surface area contributed by atoms with Crippen molar-refractivity contribution in [2.24, 2.45) is 0 Å². The SMILES string of the molecule is Cc1cc(Br)cc(CO)c1OCCC(=O)NC1CC1. The van der Waals surface area contributed by atoms with E-state index in [9.17, 15) is 9.90 Å². The second-order valence-electron chi connectivity index (χ2n) is 4.81. The van der Waals surface area contributed by atoms with Crippen molar-refractivity contribution in [3.63, 3.8) is 0 Å². The molecular weight excluding hydrogens is 310 g/mol. The summed E-state index contributed by atoms with van der Waals surface area (Å²) < 4.78 is 6.55. The Balaban J connectivity index is 1.89. The molecule has 5 heteroatoms. The Morgan fingerprint density at radius 3 is 2.89 bits per heavy atom. The number of hydrogen-bond acceptors (Lipinski definition) is 3. The fourth-order valence-electron chi connectivity index (χ4n) is 1.90. The first kappa shape index (κ1) is 14.3. The van der Waals surface area contributed by atoms with Crippen molar-refractivity contribution >= 4 is 21.8 Å². The number of aliphatic hydroxyl groups is 1. The molecule has 104 valence electrons. The Kier molecular flexibility index (Phi) is 4.82. The molecule has 1 saturated carbocycles. The van der Waals surface area contributed by atoms with Crippen LogP contribution < -0.4 is 10.1 Å². The number of carbonyl (C=O) groups is 1. The molecule has 0 heterocycles. The third-order valence-corrected chi connectivity index (χ3v) is 3.46. The molecule has 1 aromatic rings. The van der Waals surface area contributed by atoms with Gasteiger partial charge in [-0.3, -0.25) is 4.79 Å². The maximum Gasteiger partial charge on any atom is 0.223 e. The van der Waals surface area contributed by atoms with Gasteiger partial charge in [-0.2, -0.15) is 0 Å². The normalized spacial score (nSPS) is 14.3. The Morgan fingerprint density at radius 1 is 1.53 bits per heavy atom. The summed E-state index contributed by atoms with van der Waals surface area (Å²) in [6.45, 7) is 2.17. The summed E-state index contributed by atoms with van der Waals surface area (Å²) in [5.74, 6) is 0.702. The first-order valence-corrected chi connectivity index (χ1v) is 7.21. The van der Waals surface area contributed by atoms with Gasteiger partial charge in [-0.15, -0.1) is 0 Å². The van der Waals surface area contributed by atoms with Gasteiger partial charge in [0.15, 0.2) is 0 Å². The van der Waals surface area contributed by atoms with Crippen LogP contribution in [0.4, 0.5) is 0 Å². The number of amides is 1. The Hall–Kier alpha value is -1.07. The lowest BCUT2D eigenvalue weighted by Crippen LogP contribution is -2.26. The molecule has 0 saturated heterocycles. The van der Waals surface area contributed by atoms with Gasteiger partial charge >= 0.3 is 0 Å². The van der Waals surface area contributed by atoms with E-state index in [1.54, 1.807) is 0 Å². The molecule has 0 unspecified atom stereocenters. The van der Waals surface area contributed by atoms with Crippen molar-refractivity contribution in [2.75, 3.05) is 6.61 Å². The van der Waals surface area contributed by atoms with Gasteiger partial charge in [0.05, 0.1) is 19.6 Å². The predicted octanol–water partition coefficient (Wildman–Crippen LogP) is 2.30. The molecule has 19 heavy (non-hydrogen) atoms. The van der Waals surface area contributed by atoms with Crippen LogP contribution in [-0.2, 0) is 11.4 Å². The molecule has 0 bridgehead atoms. The van der Waals surface area contributed by atoms with Crippen molar-refractivity contribution in [1.29, 1.82) is 0 Å². The van der Waals surface area contributed by atoms with E-state index in [4.69, 9.17) is 4.74 Å². The van der Waals surface area contributed by atoms with Crippen LogP contribution in [0.25, 0.3) is 0 Å². The van der Waals surface area contributed by atoms with Crippen LogP contribution in [0, 0.1) is 6.92 Å². The summed E-state index contributed by atoms with van der Waals surface area (Å²) in [7, 11) is 0. The van der Waals surface area contributed by atoms with E-state index >= 15 is 0 Å². The minimum atomic E-state index is -0.0795. The van der Waals surface area contributed by atoms with Crippen molar-refractivity contribution in [1.82, 2.24) is 5.32 Å². The van der Waals surface area contributed by atoms with Crippen LogP contribution in [0.5, 0.6) is 5.75 Å². The highest BCUT2D eigenvalue weighted by Crippen LogP contribution is 2.28. The molecule has 4 nitrogen and oxygen atoms in total. The van der Waals surface area contributed by atoms with E-state index in [1.165, 1.54) is 0 Å². The zero-order chi connectivity index (χ0) is 13.8. The van der Waals surface area contributed by atoms with Crippen molar-refractivity contribution in [3.05, 3.63) is 27.7 Å². The number of aryl methyl sites for hydroxylation is 1. The molecule has 0 aliphatic heterocycles. The summed E-state index contributed by atoms with van der Waals surface area (Å²) in [5.41, 5.74) is 1.68. The highest BCUT2D eigenvalue weighted by Gasteiger charge is 2.22. The number of halogens is 1. The van der Waals surface area contributed by atoms with Gasteiger partial charge in [-0.1, -0.05) is 15.9 Å². The van der Waals surface area contributed by atoms with Crippen molar-refractivity contribution in [2.45, 2.75) is 38.8 Å². The second-order valence-corrected chi connectivity index (χ2v) is 5.72. The molecule has 1 fully saturated rings. The Morgan fingerprint density at radius 2 is 2.26 bits per heavy atom. The summed E-state index contributed by atoms with van der Waals surface area (Å²) in [5, 5.41) is 12.2. The summed E-state index contributed by atoms with van der Waals surface area (Å²) >= 11 is 3.38. The number of carbonyl (C=O) groups excluding carboxylic acids is 1. The average molecular weight is 328 g/mol. The molecule has 0 atom stereocenters. The first-order chi connectivity index (χ1) is 9.10. The average Bonchev–Trinajstić information content (AvgIpc) is 3.15. The number of ether oxygens (including phenoxy) is 1. The lowest BCUT2D eigenvalue weighted by atomic mass is 10.1. The van der Waals surface area contributed by atoms with Gasteiger partial charge in [-0.25, -0.2) is 0 Å². The molecule has 2 rings (SSSR count). The van der Waals surface area contributed by atoms with Crippen molar-refractivity contribution in [3.8, 4) is 5.75 Å². The highest BCUT2D eigenvalue weighted by molar-refractivity contribution is 9.10. The second kappa shape index (κ2) is 6.39. The third kappa shape index (κ3) is 4.21. The van der Waals surface area contributed by atoms with E-state index in [1.807, 2.05) is 19.1 Å². The van der Waals surface area contributed by atoms with Crippen molar-refractivity contribution < 1.29 is 14.6 Å². The minimum absolute atomic E-state index is 0.0304. The molecule has 2 N–H and O–H groups in total. The zero-order valence-electron chi connectivity index (χ0n) is 10.9. The van der Waals surface area contributed by atoms with Crippen LogP contribution in [0.2, 0.25) is 0 Å². The molecule has 0 radical (unpaired) electrons.